The van der Waals surface area contributed by atoms with Crippen molar-refractivity contribution >= 4 is 17.1 Å². The summed E-state index contributed by atoms with van der Waals surface area (Å²) in [6.07, 6.45) is 2.29. The van der Waals surface area contributed by atoms with Gasteiger partial charge in [0.15, 0.2) is 0 Å². The van der Waals surface area contributed by atoms with E-state index in [1.165, 1.54) is 10.5 Å². The van der Waals surface area contributed by atoms with Gasteiger partial charge in [0.2, 0.25) is 0 Å². The molecule has 0 aromatic heterocycles. The van der Waals surface area contributed by atoms with E-state index in [9.17, 15) is 9.00 Å². The van der Waals surface area contributed by atoms with Crippen LogP contribution in [0.5, 0.6) is 0 Å². The van der Waals surface area contributed by atoms with E-state index in [0.29, 0.717) is 5.92 Å². The van der Waals surface area contributed by atoms with E-state index >= 15 is 8.78 Å². The number of carbonyl (C=O) groups is 1. The van der Waals surface area contributed by atoms with E-state index in [1.807, 2.05) is 18.2 Å². The number of hydrogen-bond acceptors (Lipinski definition) is 4. The highest BCUT2D eigenvalue weighted by Gasteiger charge is 2.53. The van der Waals surface area contributed by atoms with Gasteiger partial charge >= 0.3 is 6.09 Å². The Morgan fingerprint density at radius 2 is 1.69 bits per heavy atom. The monoisotopic (exact) mass is 528 g/mol. The molecule has 2 fully saturated rings. The van der Waals surface area contributed by atoms with Crippen molar-refractivity contribution in [1.29, 1.82) is 0 Å². The van der Waals surface area contributed by atoms with E-state index in [1.54, 1.807) is 41.5 Å². The Balaban J connectivity index is 1.74. The minimum Gasteiger partial charge on any atom is -0.444 e. The molecule has 0 radical (unpaired) electrons. The Kier molecular flexibility index (Phi) is 9.21. The summed E-state index contributed by atoms with van der Waals surface area (Å²) in [7, 11) is -1.75. The van der Waals surface area contributed by atoms with Gasteiger partial charge in [0.05, 0.1) is 34.5 Å². The number of benzene rings is 1. The average Bonchev–Trinajstić information content (AvgIpc) is 2.78. The van der Waals surface area contributed by atoms with Crippen LogP contribution in [0.25, 0.3) is 0 Å². The van der Waals surface area contributed by atoms with E-state index in [0.717, 1.165) is 25.7 Å². The molecule has 1 amide bonds. The van der Waals surface area contributed by atoms with Crippen LogP contribution in [0.1, 0.15) is 85.1 Å². The van der Waals surface area contributed by atoms with Crippen LogP contribution in [0, 0.1) is 0 Å². The molecule has 1 aromatic carbocycles. The Labute approximate surface area is 217 Å². The van der Waals surface area contributed by atoms with Gasteiger partial charge < -0.3 is 14.4 Å². The molecule has 2 aliphatic rings. The Bertz CT molecular complexity index is 893. The van der Waals surface area contributed by atoms with Crippen molar-refractivity contribution in [2.75, 3.05) is 13.2 Å². The van der Waals surface area contributed by atoms with Crippen molar-refractivity contribution in [2.45, 2.75) is 114 Å². The maximum absolute atomic E-state index is 15.2. The van der Waals surface area contributed by atoms with Gasteiger partial charge in [0.1, 0.15) is 11.6 Å². The third-order valence-corrected chi connectivity index (χ3v) is 8.37. The maximum atomic E-state index is 15.2. The molecule has 0 spiro atoms. The zero-order valence-corrected chi connectivity index (χ0v) is 23.2. The second kappa shape index (κ2) is 11.4. The summed E-state index contributed by atoms with van der Waals surface area (Å²) in [5, 5.41) is 0. The predicted octanol–water partition coefficient (Wildman–Crippen LogP) is 5.79. The van der Waals surface area contributed by atoms with Crippen LogP contribution in [0.2, 0.25) is 0 Å². The highest BCUT2D eigenvalue weighted by molar-refractivity contribution is 7.84. The molecule has 204 valence electrons. The standard InChI is InChI=1S/C27H42F2N2O4S/c1-25(2,3)35-24(32)31-17-16-27(28,29)23(30-36(33)26(4,5)6)22(31)18-34-21-14-12-20(13-15-21)19-10-8-7-9-11-19/h7-11,20-23,30H,12-18H2,1-6H3. The summed E-state index contributed by atoms with van der Waals surface area (Å²) in [4.78, 5) is 14.3. The lowest BCUT2D eigenvalue weighted by Crippen LogP contribution is -2.67. The lowest BCUT2D eigenvalue weighted by atomic mass is 9.83. The highest BCUT2D eigenvalue weighted by atomic mass is 32.2. The van der Waals surface area contributed by atoms with E-state index in [-0.39, 0.29) is 19.3 Å². The van der Waals surface area contributed by atoms with E-state index < -0.39 is 51.9 Å². The summed E-state index contributed by atoms with van der Waals surface area (Å²) in [5.74, 6) is -2.69. The first-order valence-corrected chi connectivity index (χ1v) is 14.0. The zero-order chi connectivity index (χ0) is 26.7. The van der Waals surface area contributed by atoms with Gasteiger partial charge in [-0.05, 0) is 78.7 Å². The topological polar surface area (TPSA) is 67.9 Å². The molecule has 6 nitrogen and oxygen atoms in total. The number of nitrogens with zero attached hydrogens (tertiary/aromatic N) is 1. The zero-order valence-electron chi connectivity index (χ0n) is 22.4. The molecule has 1 N–H and O–H groups in total. The van der Waals surface area contributed by atoms with Crippen LogP contribution in [-0.4, -0.2) is 62.8 Å². The van der Waals surface area contributed by atoms with Crippen LogP contribution in [-0.2, 0) is 20.5 Å². The fraction of sp³-hybridized carbons (Fsp3) is 0.741. The molecule has 1 saturated carbocycles. The smallest absolute Gasteiger partial charge is 0.410 e. The second-order valence-corrected chi connectivity index (χ2v) is 13.9. The van der Waals surface area contributed by atoms with Gasteiger partial charge in [-0.15, -0.1) is 0 Å². The molecular formula is C27H42F2N2O4S. The first kappa shape index (κ1) is 29.0. The number of hydrogen-bond donors (Lipinski definition) is 1. The number of rotatable bonds is 6. The van der Waals surface area contributed by atoms with Crippen molar-refractivity contribution in [2.24, 2.45) is 0 Å². The largest absolute Gasteiger partial charge is 0.444 e. The molecule has 36 heavy (non-hydrogen) atoms. The number of amides is 1. The molecule has 3 unspecified atom stereocenters. The molecule has 1 heterocycles. The Morgan fingerprint density at radius 1 is 1.08 bits per heavy atom. The maximum Gasteiger partial charge on any atom is 0.410 e. The normalized spacial score (nSPS) is 27.9. The summed E-state index contributed by atoms with van der Waals surface area (Å²) in [6, 6.07) is 7.84. The molecule has 1 aromatic rings. The summed E-state index contributed by atoms with van der Waals surface area (Å²) >= 11 is 0. The van der Waals surface area contributed by atoms with Gasteiger partial charge in [-0.1, -0.05) is 30.3 Å². The van der Waals surface area contributed by atoms with Crippen molar-refractivity contribution in [1.82, 2.24) is 9.62 Å². The molecule has 9 heteroatoms. The van der Waals surface area contributed by atoms with Gasteiger partial charge in [-0.25, -0.2) is 22.5 Å². The molecule has 1 aliphatic carbocycles. The van der Waals surface area contributed by atoms with Crippen LogP contribution < -0.4 is 4.72 Å². The molecular weight excluding hydrogens is 486 g/mol. The summed E-state index contributed by atoms with van der Waals surface area (Å²) < 4.78 is 56.9. The third kappa shape index (κ3) is 7.71. The number of nitrogens with one attached hydrogen (secondary N) is 1. The third-order valence-electron chi connectivity index (χ3n) is 6.79. The quantitative estimate of drug-likeness (QED) is 0.507. The van der Waals surface area contributed by atoms with E-state index in [4.69, 9.17) is 9.47 Å². The van der Waals surface area contributed by atoms with Gasteiger partial charge in [-0.2, -0.15) is 0 Å². The van der Waals surface area contributed by atoms with Gasteiger partial charge in [-0.3, -0.25) is 0 Å². The summed E-state index contributed by atoms with van der Waals surface area (Å²) in [5.41, 5.74) is 0.544. The number of ether oxygens (including phenoxy) is 2. The van der Waals surface area contributed by atoms with Crippen LogP contribution in [0.15, 0.2) is 30.3 Å². The highest BCUT2D eigenvalue weighted by Crippen LogP contribution is 2.37. The van der Waals surface area contributed by atoms with Crippen LogP contribution in [0.4, 0.5) is 13.6 Å². The van der Waals surface area contributed by atoms with Crippen molar-refractivity contribution in [3.8, 4) is 0 Å². The number of likely N-dealkylation sites (tertiary alicyclic amines) is 1. The molecule has 1 aliphatic heterocycles. The second-order valence-electron chi connectivity index (χ2n) is 11.9. The lowest BCUT2D eigenvalue weighted by molar-refractivity contribution is -0.121. The first-order valence-electron chi connectivity index (χ1n) is 12.9. The molecule has 0 bridgehead atoms. The Morgan fingerprint density at radius 3 is 2.25 bits per heavy atom. The number of halogens is 2. The van der Waals surface area contributed by atoms with Crippen LogP contribution in [0.3, 0.4) is 0 Å². The summed E-state index contributed by atoms with van der Waals surface area (Å²) in [6.45, 7) is 10.2. The van der Waals surface area contributed by atoms with Crippen molar-refractivity contribution in [3.63, 3.8) is 0 Å². The van der Waals surface area contributed by atoms with Gasteiger partial charge in [0, 0.05) is 13.0 Å². The first-order chi connectivity index (χ1) is 16.7. The predicted molar refractivity (Wildman–Crippen MR) is 139 cm³/mol. The molecule has 3 rings (SSSR count). The minimum absolute atomic E-state index is 0.0743. The average molecular weight is 529 g/mol. The SMILES string of the molecule is CC(C)(C)OC(=O)N1CCC(F)(F)C(NS(=O)C(C)(C)C)C1COC1CCC(c2ccccc2)CC1. The fourth-order valence-corrected chi connectivity index (χ4v) is 5.68. The number of alkyl halides is 2. The van der Waals surface area contributed by atoms with Crippen LogP contribution >= 0.6 is 0 Å². The number of piperidine rings is 1. The molecule has 3 atom stereocenters. The Hall–Kier alpha value is -1.58. The molecule has 1 saturated heterocycles. The number of carbonyl (C=O) groups excluding carboxylic acids is 1. The lowest BCUT2D eigenvalue weighted by Gasteiger charge is -2.46. The van der Waals surface area contributed by atoms with Gasteiger partial charge in [0.25, 0.3) is 5.92 Å². The van der Waals surface area contributed by atoms with E-state index in [2.05, 4.69) is 16.9 Å². The minimum atomic E-state index is -3.15. The van der Waals surface area contributed by atoms with Crippen molar-refractivity contribution in [3.05, 3.63) is 35.9 Å². The fourth-order valence-electron chi connectivity index (χ4n) is 4.77. The van der Waals surface area contributed by atoms with Crippen molar-refractivity contribution < 1.29 is 27.3 Å².